The molecule has 1 aromatic rings. The molecular weight excluding hydrogens is 266 g/mol. The van der Waals surface area contributed by atoms with Crippen LogP contribution in [-0.2, 0) is 11.1 Å². The lowest BCUT2D eigenvalue weighted by atomic mass is 9.99. The Morgan fingerprint density at radius 1 is 1.42 bits per heavy atom. The molecule has 2 unspecified atom stereocenters. The normalized spacial score (nSPS) is 18.3. The van der Waals surface area contributed by atoms with E-state index in [1.165, 1.54) is 6.07 Å². The Balaban J connectivity index is 2.52. The van der Waals surface area contributed by atoms with Gasteiger partial charge < -0.3 is 9.66 Å². The second-order valence-corrected chi connectivity index (χ2v) is 6.25. The number of aromatic nitrogens is 1. The number of rotatable bonds is 5. The van der Waals surface area contributed by atoms with Gasteiger partial charge in [-0.3, -0.25) is 0 Å². The van der Waals surface area contributed by atoms with Gasteiger partial charge in [-0.1, -0.05) is 19.9 Å². The number of carboxylic acids is 1. The van der Waals surface area contributed by atoms with Crippen molar-refractivity contribution >= 4 is 17.0 Å². The number of hydrogen-bond acceptors (Lipinski definition) is 3. The van der Waals surface area contributed by atoms with Crippen molar-refractivity contribution < 1.29 is 18.7 Å². The Kier molecular flexibility index (Phi) is 4.01. The number of pyridine rings is 1. The SMILES string of the molecule is CC(C)C(c1nc(C(=O)O)ccc1C1CC1)S(=O)O. The summed E-state index contributed by atoms with van der Waals surface area (Å²) >= 11 is -2.06. The summed E-state index contributed by atoms with van der Waals surface area (Å²) in [6, 6.07) is 3.21. The third-order valence-electron chi connectivity index (χ3n) is 3.29. The molecule has 1 aromatic heterocycles. The van der Waals surface area contributed by atoms with Crippen molar-refractivity contribution in [2.24, 2.45) is 5.92 Å². The Bertz CT molecular complexity index is 525. The average Bonchev–Trinajstić information content (AvgIpc) is 3.11. The highest BCUT2D eigenvalue weighted by Gasteiger charge is 2.33. The zero-order valence-corrected chi connectivity index (χ0v) is 11.7. The van der Waals surface area contributed by atoms with Gasteiger partial charge in [0.05, 0.1) is 5.69 Å². The van der Waals surface area contributed by atoms with E-state index in [0.717, 1.165) is 18.4 Å². The van der Waals surface area contributed by atoms with Gasteiger partial charge in [-0.05, 0) is 36.3 Å². The molecule has 0 aromatic carbocycles. The lowest BCUT2D eigenvalue weighted by Gasteiger charge is -2.20. The van der Waals surface area contributed by atoms with Crippen LogP contribution in [0.1, 0.15) is 59.6 Å². The number of nitrogens with zero attached hydrogens (tertiary/aromatic N) is 1. The molecule has 1 aliphatic carbocycles. The fourth-order valence-corrected chi connectivity index (χ4v) is 3.06. The summed E-state index contributed by atoms with van der Waals surface area (Å²) in [6.45, 7) is 3.68. The van der Waals surface area contributed by atoms with E-state index in [4.69, 9.17) is 5.11 Å². The quantitative estimate of drug-likeness (QED) is 0.811. The summed E-state index contributed by atoms with van der Waals surface area (Å²) in [5.41, 5.74) is 1.32. The summed E-state index contributed by atoms with van der Waals surface area (Å²) < 4.78 is 21.0. The van der Waals surface area contributed by atoms with Gasteiger partial charge in [-0.15, -0.1) is 0 Å². The molecule has 0 saturated heterocycles. The largest absolute Gasteiger partial charge is 0.477 e. The van der Waals surface area contributed by atoms with Crippen molar-refractivity contribution in [3.8, 4) is 0 Å². The van der Waals surface area contributed by atoms with Gasteiger partial charge in [-0.25, -0.2) is 14.0 Å². The molecule has 6 heteroatoms. The monoisotopic (exact) mass is 283 g/mol. The van der Waals surface area contributed by atoms with E-state index in [-0.39, 0.29) is 11.6 Å². The number of carbonyl (C=O) groups is 1. The smallest absolute Gasteiger partial charge is 0.354 e. The van der Waals surface area contributed by atoms with Crippen molar-refractivity contribution in [2.75, 3.05) is 0 Å². The van der Waals surface area contributed by atoms with Gasteiger partial charge >= 0.3 is 5.97 Å². The average molecular weight is 283 g/mol. The highest BCUT2D eigenvalue weighted by Crippen LogP contribution is 2.44. The van der Waals surface area contributed by atoms with Crippen molar-refractivity contribution in [3.63, 3.8) is 0 Å². The van der Waals surface area contributed by atoms with E-state index in [1.54, 1.807) is 6.07 Å². The molecule has 0 bridgehead atoms. The van der Waals surface area contributed by atoms with Gasteiger partial charge in [0.2, 0.25) is 0 Å². The summed E-state index contributed by atoms with van der Waals surface area (Å²) in [7, 11) is 0. The van der Waals surface area contributed by atoms with Crippen LogP contribution in [0.3, 0.4) is 0 Å². The lowest BCUT2D eigenvalue weighted by Crippen LogP contribution is -2.18. The number of hydrogen-bond donors (Lipinski definition) is 2. The summed E-state index contributed by atoms with van der Waals surface area (Å²) in [5, 5.41) is 8.37. The molecule has 2 atom stereocenters. The molecule has 104 valence electrons. The molecule has 1 saturated carbocycles. The maximum Gasteiger partial charge on any atom is 0.354 e. The maximum atomic E-state index is 11.5. The first-order chi connectivity index (χ1) is 8.91. The second kappa shape index (κ2) is 5.38. The van der Waals surface area contributed by atoms with Crippen LogP contribution in [-0.4, -0.2) is 24.8 Å². The number of aromatic carboxylic acids is 1. The van der Waals surface area contributed by atoms with Crippen LogP contribution in [0.2, 0.25) is 0 Å². The van der Waals surface area contributed by atoms with E-state index in [0.29, 0.717) is 11.6 Å². The van der Waals surface area contributed by atoms with Crippen LogP contribution in [0.4, 0.5) is 0 Å². The topological polar surface area (TPSA) is 87.5 Å². The van der Waals surface area contributed by atoms with Crippen LogP contribution < -0.4 is 0 Å². The van der Waals surface area contributed by atoms with Crippen LogP contribution in [0.25, 0.3) is 0 Å². The first kappa shape index (κ1) is 14.1. The minimum absolute atomic E-state index is 0.0736. The number of carboxylic acid groups (broad SMARTS) is 1. The van der Waals surface area contributed by atoms with Gasteiger partial charge in [-0.2, -0.15) is 0 Å². The molecule has 1 fully saturated rings. The van der Waals surface area contributed by atoms with Gasteiger partial charge in [0.15, 0.2) is 11.1 Å². The molecule has 0 radical (unpaired) electrons. The molecule has 1 heterocycles. The Morgan fingerprint density at radius 3 is 2.47 bits per heavy atom. The lowest BCUT2D eigenvalue weighted by molar-refractivity contribution is 0.0690. The fraction of sp³-hybridized carbons (Fsp3) is 0.538. The summed E-state index contributed by atoms with van der Waals surface area (Å²) in [4.78, 5) is 15.1. The predicted molar refractivity (Wildman–Crippen MR) is 71.5 cm³/mol. The summed E-state index contributed by atoms with van der Waals surface area (Å²) in [5.74, 6) is -0.843. The molecule has 0 amide bonds. The zero-order valence-electron chi connectivity index (χ0n) is 10.9. The molecule has 19 heavy (non-hydrogen) atoms. The maximum absolute atomic E-state index is 11.5. The highest BCUT2D eigenvalue weighted by atomic mass is 32.2. The summed E-state index contributed by atoms with van der Waals surface area (Å²) in [6.07, 6.45) is 2.06. The van der Waals surface area contributed by atoms with Gasteiger partial charge in [0.25, 0.3) is 0 Å². The first-order valence-corrected chi connectivity index (χ1v) is 7.42. The predicted octanol–water partition coefficient (Wildman–Crippen LogP) is 2.58. The standard InChI is InChI=1S/C13H17NO4S/c1-7(2)12(19(17)18)11-9(8-3-4-8)5-6-10(14-11)13(15)16/h5-8,12H,3-4H2,1-2H3,(H,15,16)(H,17,18). The molecule has 0 aliphatic heterocycles. The third kappa shape index (κ3) is 3.01. The molecule has 5 nitrogen and oxygen atoms in total. The van der Waals surface area contributed by atoms with E-state index in [2.05, 4.69) is 4.98 Å². The van der Waals surface area contributed by atoms with Crippen LogP contribution in [0.15, 0.2) is 12.1 Å². The van der Waals surface area contributed by atoms with E-state index < -0.39 is 22.3 Å². The van der Waals surface area contributed by atoms with Crippen LogP contribution in [0.5, 0.6) is 0 Å². The van der Waals surface area contributed by atoms with Crippen molar-refractivity contribution in [2.45, 2.75) is 37.9 Å². The highest BCUT2D eigenvalue weighted by molar-refractivity contribution is 7.79. The fourth-order valence-electron chi connectivity index (χ4n) is 2.22. The van der Waals surface area contributed by atoms with Crippen LogP contribution in [0, 0.1) is 5.92 Å². The molecule has 1 aliphatic rings. The van der Waals surface area contributed by atoms with E-state index in [9.17, 15) is 13.6 Å². The van der Waals surface area contributed by atoms with Crippen LogP contribution >= 0.6 is 0 Å². The molecular formula is C13H17NO4S. The Labute approximate surface area is 114 Å². The van der Waals surface area contributed by atoms with E-state index in [1.807, 2.05) is 13.8 Å². The van der Waals surface area contributed by atoms with Gasteiger partial charge in [0.1, 0.15) is 10.9 Å². The minimum atomic E-state index is -2.06. The van der Waals surface area contributed by atoms with Crippen molar-refractivity contribution in [1.82, 2.24) is 4.98 Å². The Hall–Kier alpha value is -1.27. The first-order valence-electron chi connectivity index (χ1n) is 6.25. The van der Waals surface area contributed by atoms with E-state index >= 15 is 0 Å². The van der Waals surface area contributed by atoms with Crippen molar-refractivity contribution in [3.05, 3.63) is 29.1 Å². The third-order valence-corrected chi connectivity index (χ3v) is 4.49. The van der Waals surface area contributed by atoms with Gasteiger partial charge in [0, 0.05) is 0 Å². The molecule has 0 spiro atoms. The molecule has 2 N–H and O–H groups in total. The second-order valence-electron chi connectivity index (χ2n) is 5.19. The zero-order chi connectivity index (χ0) is 14.2. The Morgan fingerprint density at radius 2 is 2.05 bits per heavy atom. The van der Waals surface area contributed by atoms with Crippen molar-refractivity contribution in [1.29, 1.82) is 0 Å². The molecule has 2 rings (SSSR count). The minimum Gasteiger partial charge on any atom is -0.477 e.